The van der Waals surface area contributed by atoms with E-state index in [9.17, 15) is 4.79 Å². The Labute approximate surface area is 109 Å². The van der Waals surface area contributed by atoms with Gasteiger partial charge < -0.3 is 0 Å². The molecule has 1 aromatic carbocycles. The summed E-state index contributed by atoms with van der Waals surface area (Å²) in [5, 5.41) is 0.737. The summed E-state index contributed by atoms with van der Waals surface area (Å²) >= 11 is 1.55. The van der Waals surface area contributed by atoms with Gasteiger partial charge in [0.25, 0.3) is 5.91 Å². The van der Waals surface area contributed by atoms with Gasteiger partial charge in [-0.05, 0) is 23.8 Å². The van der Waals surface area contributed by atoms with Gasteiger partial charge in [-0.25, -0.2) is 15.8 Å². The van der Waals surface area contributed by atoms with Crippen molar-refractivity contribution in [1.29, 1.82) is 0 Å². The van der Waals surface area contributed by atoms with Crippen LogP contribution in [0, 0.1) is 0 Å². The van der Waals surface area contributed by atoms with Gasteiger partial charge in [0, 0.05) is 23.7 Å². The summed E-state index contributed by atoms with van der Waals surface area (Å²) in [6.45, 7) is 0. The van der Waals surface area contributed by atoms with Gasteiger partial charge in [0.2, 0.25) is 0 Å². The second-order valence-electron chi connectivity index (χ2n) is 3.49. The fraction of sp³-hybridized carbons (Fsp3) is 0.0833. The standard InChI is InChI=1S/C12H12N4OS/c13-16-11(17)10-4-2-9(3-5-10)8-18-12-14-6-1-7-15-12/h1-7H,8,13H2,(H,16,17). The Morgan fingerprint density at radius 3 is 2.50 bits per heavy atom. The molecule has 0 saturated carbocycles. The van der Waals surface area contributed by atoms with Crippen molar-refractivity contribution in [3.8, 4) is 0 Å². The molecule has 0 aliphatic carbocycles. The molecule has 0 radical (unpaired) electrons. The molecule has 0 bridgehead atoms. The van der Waals surface area contributed by atoms with Crippen molar-refractivity contribution < 1.29 is 4.79 Å². The molecule has 92 valence electrons. The van der Waals surface area contributed by atoms with E-state index in [0.717, 1.165) is 16.5 Å². The Balaban J connectivity index is 1.97. The number of rotatable bonds is 4. The molecule has 2 rings (SSSR count). The molecule has 0 spiro atoms. The second kappa shape index (κ2) is 6.13. The minimum absolute atomic E-state index is 0.291. The number of aromatic nitrogens is 2. The summed E-state index contributed by atoms with van der Waals surface area (Å²) in [7, 11) is 0. The first-order chi connectivity index (χ1) is 8.79. The van der Waals surface area contributed by atoms with Gasteiger partial charge >= 0.3 is 0 Å². The largest absolute Gasteiger partial charge is 0.290 e. The van der Waals surface area contributed by atoms with Crippen LogP contribution in [0.1, 0.15) is 15.9 Å². The van der Waals surface area contributed by atoms with E-state index in [0.29, 0.717) is 5.56 Å². The molecule has 1 heterocycles. The number of thioether (sulfide) groups is 1. The van der Waals surface area contributed by atoms with Crippen LogP contribution >= 0.6 is 11.8 Å². The molecule has 0 atom stereocenters. The number of benzene rings is 1. The minimum atomic E-state index is -0.291. The summed E-state index contributed by atoms with van der Waals surface area (Å²) in [4.78, 5) is 19.5. The molecule has 2 aromatic rings. The van der Waals surface area contributed by atoms with Crippen LogP contribution in [0.4, 0.5) is 0 Å². The van der Waals surface area contributed by atoms with E-state index in [1.165, 1.54) is 0 Å². The molecule has 0 unspecified atom stereocenters. The van der Waals surface area contributed by atoms with Crippen LogP contribution in [0.2, 0.25) is 0 Å². The van der Waals surface area contributed by atoms with E-state index < -0.39 is 0 Å². The maximum absolute atomic E-state index is 11.2. The predicted octanol–water partition coefficient (Wildman–Crippen LogP) is 1.37. The van der Waals surface area contributed by atoms with Crippen LogP contribution in [-0.4, -0.2) is 15.9 Å². The van der Waals surface area contributed by atoms with Crippen LogP contribution in [0.25, 0.3) is 0 Å². The Morgan fingerprint density at radius 1 is 1.22 bits per heavy atom. The van der Waals surface area contributed by atoms with Gasteiger partial charge in [0.1, 0.15) is 0 Å². The molecule has 1 aromatic heterocycles. The summed E-state index contributed by atoms with van der Waals surface area (Å²) in [6.07, 6.45) is 3.42. The van der Waals surface area contributed by atoms with E-state index in [1.54, 1.807) is 42.4 Å². The number of nitrogen functional groups attached to an aromatic ring is 1. The number of carbonyl (C=O) groups is 1. The quantitative estimate of drug-likeness (QED) is 0.285. The highest BCUT2D eigenvalue weighted by Gasteiger charge is 2.03. The first kappa shape index (κ1) is 12.5. The number of hydrazine groups is 1. The maximum atomic E-state index is 11.2. The number of nitrogens with two attached hydrogens (primary N) is 1. The van der Waals surface area contributed by atoms with Gasteiger partial charge in [0.15, 0.2) is 5.16 Å². The highest BCUT2D eigenvalue weighted by atomic mass is 32.2. The Bertz CT molecular complexity index is 515. The average molecular weight is 260 g/mol. The molecule has 6 heteroatoms. The van der Waals surface area contributed by atoms with Crippen LogP contribution in [0.5, 0.6) is 0 Å². The third kappa shape index (κ3) is 3.28. The zero-order valence-electron chi connectivity index (χ0n) is 9.54. The third-order valence-corrected chi connectivity index (χ3v) is 3.20. The second-order valence-corrected chi connectivity index (χ2v) is 4.43. The van der Waals surface area contributed by atoms with Crippen LogP contribution in [-0.2, 0) is 5.75 Å². The molecular weight excluding hydrogens is 248 g/mol. The lowest BCUT2D eigenvalue weighted by Crippen LogP contribution is -2.29. The lowest BCUT2D eigenvalue weighted by Gasteiger charge is -2.02. The highest BCUT2D eigenvalue weighted by Crippen LogP contribution is 2.18. The molecule has 18 heavy (non-hydrogen) atoms. The van der Waals surface area contributed by atoms with Gasteiger partial charge in [-0.1, -0.05) is 23.9 Å². The molecule has 3 N–H and O–H groups in total. The third-order valence-electron chi connectivity index (χ3n) is 2.26. The van der Waals surface area contributed by atoms with Crippen molar-refractivity contribution in [3.05, 3.63) is 53.9 Å². The average Bonchev–Trinajstić information content (AvgIpc) is 2.46. The number of hydrogen-bond acceptors (Lipinski definition) is 5. The summed E-state index contributed by atoms with van der Waals surface area (Å²) in [6, 6.07) is 9.04. The SMILES string of the molecule is NNC(=O)c1ccc(CSc2ncccn2)cc1. The fourth-order valence-corrected chi connectivity index (χ4v) is 2.10. The molecule has 5 nitrogen and oxygen atoms in total. The van der Waals surface area contributed by atoms with Gasteiger partial charge in [-0.2, -0.15) is 0 Å². The fourth-order valence-electron chi connectivity index (χ4n) is 1.34. The van der Waals surface area contributed by atoms with E-state index in [-0.39, 0.29) is 5.91 Å². The number of carbonyl (C=O) groups excluding carboxylic acids is 1. The smallest absolute Gasteiger partial charge is 0.265 e. The van der Waals surface area contributed by atoms with E-state index in [2.05, 4.69) is 15.4 Å². The Kier molecular flexibility index (Phi) is 4.27. The van der Waals surface area contributed by atoms with Crippen molar-refractivity contribution in [2.75, 3.05) is 0 Å². The van der Waals surface area contributed by atoms with Crippen LogP contribution in [0.15, 0.2) is 47.9 Å². The lowest BCUT2D eigenvalue weighted by atomic mass is 10.1. The van der Waals surface area contributed by atoms with Crippen LogP contribution in [0.3, 0.4) is 0 Å². The first-order valence-corrected chi connectivity index (χ1v) is 6.28. The molecule has 0 saturated heterocycles. The summed E-state index contributed by atoms with van der Waals surface area (Å²) in [5.74, 6) is 5.52. The number of nitrogens with zero attached hydrogens (tertiary/aromatic N) is 2. The number of nitrogens with one attached hydrogen (secondary N) is 1. The van der Waals surface area contributed by atoms with Crippen molar-refractivity contribution in [2.24, 2.45) is 5.84 Å². The van der Waals surface area contributed by atoms with E-state index in [1.807, 2.05) is 12.1 Å². The topological polar surface area (TPSA) is 80.9 Å². The summed E-state index contributed by atoms with van der Waals surface area (Å²) in [5.41, 5.74) is 3.74. The van der Waals surface area contributed by atoms with E-state index >= 15 is 0 Å². The van der Waals surface area contributed by atoms with Crippen molar-refractivity contribution in [2.45, 2.75) is 10.9 Å². The molecule has 1 amide bonds. The van der Waals surface area contributed by atoms with Gasteiger partial charge in [-0.3, -0.25) is 10.2 Å². The zero-order valence-corrected chi connectivity index (χ0v) is 10.4. The van der Waals surface area contributed by atoms with Crippen molar-refractivity contribution in [1.82, 2.24) is 15.4 Å². The maximum Gasteiger partial charge on any atom is 0.265 e. The first-order valence-electron chi connectivity index (χ1n) is 5.29. The highest BCUT2D eigenvalue weighted by molar-refractivity contribution is 7.98. The summed E-state index contributed by atoms with van der Waals surface area (Å²) < 4.78 is 0. The Hall–Kier alpha value is -1.92. The number of hydrogen-bond donors (Lipinski definition) is 2. The lowest BCUT2D eigenvalue weighted by molar-refractivity contribution is 0.0953. The zero-order chi connectivity index (χ0) is 12.8. The molecule has 0 fully saturated rings. The molecular formula is C12H12N4OS. The minimum Gasteiger partial charge on any atom is -0.290 e. The predicted molar refractivity (Wildman–Crippen MR) is 69.7 cm³/mol. The molecule has 0 aliphatic rings. The van der Waals surface area contributed by atoms with Gasteiger partial charge in [-0.15, -0.1) is 0 Å². The van der Waals surface area contributed by atoms with Crippen molar-refractivity contribution >= 4 is 17.7 Å². The van der Waals surface area contributed by atoms with E-state index in [4.69, 9.17) is 5.84 Å². The van der Waals surface area contributed by atoms with Crippen LogP contribution < -0.4 is 11.3 Å². The number of amides is 1. The van der Waals surface area contributed by atoms with Crippen molar-refractivity contribution in [3.63, 3.8) is 0 Å². The van der Waals surface area contributed by atoms with Gasteiger partial charge in [0.05, 0.1) is 0 Å². The normalized spacial score (nSPS) is 10.1. The monoisotopic (exact) mass is 260 g/mol. The Morgan fingerprint density at radius 2 is 1.89 bits per heavy atom. The molecule has 0 aliphatic heterocycles.